The molecule has 4 heteroatoms. The van der Waals surface area contributed by atoms with E-state index in [0.717, 1.165) is 43.1 Å². The number of hydrogen-bond donors (Lipinski definition) is 1. The molecule has 0 spiro atoms. The van der Waals surface area contributed by atoms with Gasteiger partial charge >= 0.3 is 0 Å². The lowest BCUT2D eigenvalue weighted by Crippen LogP contribution is -2.13. The maximum atomic E-state index is 5.81. The van der Waals surface area contributed by atoms with Gasteiger partial charge in [-0.05, 0) is 32.6 Å². The molecular formula is C16H29N3O. The van der Waals surface area contributed by atoms with E-state index in [1.165, 1.54) is 0 Å². The van der Waals surface area contributed by atoms with Gasteiger partial charge in [0.2, 0.25) is 0 Å². The number of anilines is 1. The van der Waals surface area contributed by atoms with Gasteiger partial charge in [0.25, 0.3) is 0 Å². The summed E-state index contributed by atoms with van der Waals surface area (Å²) in [5.41, 5.74) is 1.10. The van der Waals surface area contributed by atoms with Gasteiger partial charge in [0.05, 0.1) is 0 Å². The Kier molecular flexibility index (Phi) is 7.52. The molecule has 0 fully saturated rings. The molecule has 114 valence electrons. The van der Waals surface area contributed by atoms with E-state index in [1.54, 1.807) is 0 Å². The summed E-state index contributed by atoms with van der Waals surface area (Å²) >= 11 is 0. The first-order valence-corrected chi connectivity index (χ1v) is 7.83. The fourth-order valence-corrected chi connectivity index (χ4v) is 2.21. The molecule has 1 aromatic heterocycles. The number of ether oxygens (including phenoxy) is 1. The van der Waals surface area contributed by atoms with Gasteiger partial charge in [-0.15, -0.1) is 0 Å². The Labute approximate surface area is 123 Å². The molecule has 0 saturated heterocycles. The van der Waals surface area contributed by atoms with Crippen molar-refractivity contribution in [3.8, 4) is 0 Å². The van der Waals surface area contributed by atoms with Gasteiger partial charge in [-0.3, -0.25) is 0 Å². The molecular weight excluding hydrogens is 250 g/mol. The molecule has 1 N–H and O–H groups in total. The van der Waals surface area contributed by atoms with E-state index >= 15 is 0 Å². The molecule has 1 unspecified atom stereocenters. The van der Waals surface area contributed by atoms with Crippen molar-refractivity contribution in [1.29, 1.82) is 0 Å². The van der Waals surface area contributed by atoms with Gasteiger partial charge in [0, 0.05) is 24.9 Å². The number of hydrogen-bond acceptors (Lipinski definition) is 4. The van der Waals surface area contributed by atoms with Crippen molar-refractivity contribution in [1.82, 2.24) is 9.97 Å². The lowest BCUT2D eigenvalue weighted by molar-refractivity contribution is 0.0493. The monoisotopic (exact) mass is 279 g/mol. The molecule has 0 aliphatic carbocycles. The van der Waals surface area contributed by atoms with Gasteiger partial charge in [-0.2, -0.15) is 0 Å². The third-order valence-corrected chi connectivity index (χ3v) is 2.98. The molecule has 1 heterocycles. The fraction of sp³-hybridized carbons (Fsp3) is 0.750. The van der Waals surface area contributed by atoms with Crippen LogP contribution in [0, 0.1) is 5.92 Å². The highest BCUT2D eigenvalue weighted by Gasteiger charge is 2.16. The highest BCUT2D eigenvalue weighted by Crippen LogP contribution is 2.22. The molecule has 0 bridgehead atoms. The topological polar surface area (TPSA) is 47.0 Å². The summed E-state index contributed by atoms with van der Waals surface area (Å²) < 4.78 is 5.81. The van der Waals surface area contributed by atoms with E-state index in [-0.39, 0.29) is 6.10 Å². The second-order valence-electron chi connectivity index (χ2n) is 5.46. The van der Waals surface area contributed by atoms with Crippen LogP contribution in [0.5, 0.6) is 0 Å². The van der Waals surface area contributed by atoms with Crippen LogP contribution < -0.4 is 5.32 Å². The number of aromatic nitrogens is 2. The number of nitrogens with zero attached hydrogens (tertiary/aromatic N) is 2. The Morgan fingerprint density at radius 2 is 1.95 bits per heavy atom. The molecule has 1 rings (SSSR count). The lowest BCUT2D eigenvalue weighted by atomic mass is 10.1. The van der Waals surface area contributed by atoms with E-state index in [0.29, 0.717) is 12.5 Å². The summed E-state index contributed by atoms with van der Waals surface area (Å²) in [6, 6.07) is 2.06. The molecule has 0 saturated carbocycles. The maximum Gasteiger partial charge on any atom is 0.159 e. The average molecular weight is 279 g/mol. The van der Waals surface area contributed by atoms with Gasteiger partial charge in [-0.1, -0.05) is 27.2 Å². The summed E-state index contributed by atoms with van der Waals surface area (Å²) in [6.07, 6.45) is 3.01. The summed E-state index contributed by atoms with van der Waals surface area (Å²) in [4.78, 5) is 9.34. The Hall–Kier alpha value is -1.16. The third-order valence-electron chi connectivity index (χ3n) is 2.98. The largest absolute Gasteiger partial charge is 0.371 e. The molecule has 0 aliphatic rings. The first-order chi connectivity index (χ1) is 9.60. The van der Waals surface area contributed by atoms with Crippen LogP contribution in [0.3, 0.4) is 0 Å². The zero-order valence-corrected chi connectivity index (χ0v) is 13.6. The van der Waals surface area contributed by atoms with Crippen molar-refractivity contribution in [2.24, 2.45) is 5.92 Å². The van der Waals surface area contributed by atoms with Crippen LogP contribution in [0.4, 0.5) is 5.82 Å². The van der Waals surface area contributed by atoms with Crippen LogP contribution >= 0.6 is 0 Å². The molecule has 0 radical (unpaired) electrons. The fourth-order valence-electron chi connectivity index (χ4n) is 2.21. The summed E-state index contributed by atoms with van der Waals surface area (Å²) in [6.45, 7) is 12.2. The quantitative estimate of drug-likeness (QED) is 0.742. The van der Waals surface area contributed by atoms with E-state index in [9.17, 15) is 0 Å². The number of rotatable bonds is 9. The van der Waals surface area contributed by atoms with Crippen LogP contribution in [0.2, 0.25) is 0 Å². The average Bonchev–Trinajstić information content (AvgIpc) is 2.37. The predicted octanol–water partition coefficient (Wildman–Crippen LogP) is 3.98. The first kappa shape index (κ1) is 16.9. The Morgan fingerprint density at radius 3 is 2.50 bits per heavy atom. The van der Waals surface area contributed by atoms with Crippen LogP contribution in [0.1, 0.15) is 65.1 Å². The molecule has 0 aliphatic heterocycles. The number of nitrogens with one attached hydrogen (secondary N) is 1. The maximum absolute atomic E-state index is 5.81. The smallest absolute Gasteiger partial charge is 0.159 e. The van der Waals surface area contributed by atoms with Gasteiger partial charge in [0.1, 0.15) is 11.9 Å². The molecule has 4 nitrogen and oxygen atoms in total. The lowest BCUT2D eigenvalue weighted by Gasteiger charge is -2.17. The van der Waals surface area contributed by atoms with Crippen molar-refractivity contribution in [2.75, 3.05) is 18.5 Å². The van der Waals surface area contributed by atoms with Crippen LogP contribution in [0.25, 0.3) is 0 Å². The van der Waals surface area contributed by atoms with E-state index in [2.05, 4.69) is 44.1 Å². The summed E-state index contributed by atoms with van der Waals surface area (Å²) in [7, 11) is 0. The molecule has 1 aromatic rings. The minimum atomic E-state index is 0.00881. The standard InChI is InChI=1S/C16H29N3O/c1-6-9-14(20-8-3)16-18-13(10-12(4)5)11-15(19-16)17-7-2/h11-12,14H,6-10H2,1-5H3,(H,17,18,19). The Bertz CT molecular complexity index is 387. The highest BCUT2D eigenvalue weighted by molar-refractivity contribution is 5.36. The Balaban J connectivity index is 3.04. The third kappa shape index (κ3) is 5.45. The second-order valence-corrected chi connectivity index (χ2v) is 5.46. The highest BCUT2D eigenvalue weighted by atomic mass is 16.5. The van der Waals surface area contributed by atoms with Gasteiger partial charge < -0.3 is 10.1 Å². The molecule has 0 aromatic carbocycles. The summed E-state index contributed by atoms with van der Waals surface area (Å²) in [5, 5.41) is 3.29. The van der Waals surface area contributed by atoms with Crippen molar-refractivity contribution in [3.05, 3.63) is 17.6 Å². The minimum Gasteiger partial charge on any atom is -0.371 e. The van der Waals surface area contributed by atoms with E-state index in [1.807, 2.05) is 6.92 Å². The van der Waals surface area contributed by atoms with E-state index < -0.39 is 0 Å². The second kappa shape index (κ2) is 8.90. The van der Waals surface area contributed by atoms with Crippen LogP contribution in [-0.2, 0) is 11.2 Å². The zero-order valence-electron chi connectivity index (χ0n) is 13.6. The predicted molar refractivity (Wildman–Crippen MR) is 84.0 cm³/mol. The van der Waals surface area contributed by atoms with Crippen molar-refractivity contribution >= 4 is 5.82 Å². The molecule has 20 heavy (non-hydrogen) atoms. The first-order valence-electron chi connectivity index (χ1n) is 7.83. The van der Waals surface area contributed by atoms with Crippen molar-refractivity contribution in [2.45, 2.75) is 60.0 Å². The minimum absolute atomic E-state index is 0.00881. The Morgan fingerprint density at radius 1 is 1.20 bits per heavy atom. The van der Waals surface area contributed by atoms with Crippen molar-refractivity contribution < 1.29 is 4.74 Å². The van der Waals surface area contributed by atoms with E-state index in [4.69, 9.17) is 9.72 Å². The van der Waals surface area contributed by atoms with Crippen LogP contribution in [0.15, 0.2) is 6.07 Å². The van der Waals surface area contributed by atoms with Crippen molar-refractivity contribution in [3.63, 3.8) is 0 Å². The molecule has 0 amide bonds. The summed E-state index contributed by atoms with van der Waals surface area (Å²) in [5.74, 6) is 2.32. The normalized spacial score (nSPS) is 12.7. The molecule has 1 atom stereocenters. The van der Waals surface area contributed by atoms with Gasteiger partial charge in [0.15, 0.2) is 5.82 Å². The van der Waals surface area contributed by atoms with Crippen LogP contribution in [-0.4, -0.2) is 23.1 Å². The van der Waals surface area contributed by atoms with Gasteiger partial charge in [-0.25, -0.2) is 9.97 Å². The SMILES string of the molecule is CCCC(OCC)c1nc(CC(C)C)cc(NCC)n1. The zero-order chi connectivity index (χ0) is 15.0.